The molecule has 0 bridgehead atoms. The van der Waals surface area contributed by atoms with Gasteiger partial charge in [-0.15, -0.1) is 0 Å². The Morgan fingerprint density at radius 3 is 0.686 bits per heavy atom. The second kappa shape index (κ2) is 21.7. The third-order valence-electron chi connectivity index (χ3n) is 11.7. The summed E-state index contributed by atoms with van der Waals surface area (Å²) in [5, 5.41) is 4.74. The maximum atomic E-state index is 14.0. The summed E-state index contributed by atoms with van der Waals surface area (Å²) < 4.78 is 106. The molecule has 0 atom stereocenters. The first-order chi connectivity index (χ1) is 33.8. The van der Waals surface area contributed by atoms with Gasteiger partial charge in [0.25, 0.3) is 0 Å². The fourth-order valence-corrected chi connectivity index (χ4v) is 15.3. The summed E-state index contributed by atoms with van der Waals surface area (Å²) in [5.41, 5.74) is 7.03. The maximum absolute atomic E-state index is 14.0. The van der Waals surface area contributed by atoms with Crippen LogP contribution in [0.3, 0.4) is 0 Å². The zero-order valence-electron chi connectivity index (χ0n) is 40.8. The molecule has 0 aliphatic heterocycles. The van der Waals surface area contributed by atoms with E-state index < -0.39 is 30.4 Å². The minimum absolute atomic E-state index is 0.204. The van der Waals surface area contributed by atoms with E-state index in [1.54, 1.807) is 79.7 Å². The number of hydrogen-bond acceptors (Lipinski definition) is 12. The van der Waals surface area contributed by atoms with Crippen molar-refractivity contribution >= 4 is 95.2 Å². The number of rotatable bonds is 23. The minimum atomic E-state index is -3.65. The van der Waals surface area contributed by atoms with Crippen molar-refractivity contribution in [2.24, 2.45) is 0 Å². The van der Waals surface area contributed by atoms with Gasteiger partial charge < -0.3 is 45.3 Å². The molecule has 370 valence electrons. The highest BCUT2D eigenvalue weighted by molar-refractivity contribution is 7.63. The molecule has 0 amide bonds. The Morgan fingerprint density at radius 2 is 0.500 bits per heavy atom. The maximum Gasteiger partial charge on any atom is 0.361 e. The molecule has 70 heavy (non-hydrogen) atoms. The summed E-state index contributed by atoms with van der Waals surface area (Å²) in [6.07, 6.45) is 0. The van der Waals surface area contributed by atoms with Crippen LogP contribution in [-0.2, 0) is 54.5 Å². The SMILES string of the molecule is CCOP(=O)(OCC)c1ccc2c(c1)c1cc(P(=O)(OCC)OCC)ccc1n2-c1ccc(-c2ccc(-n3c4ccc(P(=O)(OCC)OCC)cc4c4cc(P(=O)(OCC)OCC)ccc43)cc2)cc1. The van der Waals surface area contributed by atoms with Crippen LogP contribution in [0, 0.1) is 0 Å². The zero-order valence-corrected chi connectivity index (χ0v) is 44.4. The molecule has 2 heterocycles. The first-order valence-corrected chi connectivity index (χ1v) is 29.9. The Balaban J connectivity index is 1.21. The predicted octanol–water partition coefficient (Wildman–Crippen LogP) is 13.1. The molecular weight excluding hydrogens is 968 g/mol. The van der Waals surface area contributed by atoms with E-state index in [1.165, 1.54) is 0 Å². The molecule has 0 fully saturated rings. The van der Waals surface area contributed by atoms with Gasteiger partial charge in [-0.05, 0) is 164 Å². The van der Waals surface area contributed by atoms with Crippen molar-refractivity contribution < 1.29 is 54.5 Å². The van der Waals surface area contributed by atoms with E-state index in [-0.39, 0.29) is 52.9 Å². The summed E-state index contributed by atoms with van der Waals surface area (Å²) in [7, 11) is -14.6. The Kier molecular flexibility index (Phi) is 16.1. The Labute approximate surface area is 409 Å². The average Bonchev–Trinajstić information content (AvgIpc) is 3.86. The summed E-state index contributed by atoms with van der Waals surface area (Å²) in [6.45, 7) is 15.9. The highest BCUT2D eigenvalue weighted by Gasteiger charge is 2.32. The number of nitrogens with zero attached hydrogens (tertiary/aromatic N) is 2. The van der Waals surface area contributed by atoms with Crippen LogP contribution in [0.25, 0.3) is 66.1 Å². The zero-order chi connectivity index (χ0) is 49.8. The highest BCUT2D eigenvalue weighted by Crippen LogP contribution is 2.52. The van der Waals surface area contributed by atoms with Gasteiger partial charge in [0.15, 0.2) is 0 Å². The van der Waals surface area contributed by atoms with Gasteiger partial charge in [-0.1, -0.05) is 24.3 Å². The van der Waals surface area contributed by atoms with Crippen molar-refractivity contribution in [2.75, 3.05) is 52.9 Å². The van der Waals surface area contributed by atoms with Gasteiger partial charge in [0.05, 0.1) is 96.1 Å². The van der Waals surface area contributed by atoms with Crippen molar-refractivity contribution in [3.63, 3.8) is 0 Å². The Bertz CT molecular complexity index is 2930. The molecule has 6 aromatic carbocycles. The molecule has 2 aromatic heterocycles. The van der Waals surface area contributed by atoms with E-state index in [0.29, 0.717) is 21.2 Å². The molecule has 18 heteroatoms. The van der Waals surface area contributed by atoms with Crippen LogP contribution in [-0.4, -0.2) is 62.0 Å². The van der Waals surface area contributed by atoms with Gasteiger partial charge >= 0.3 is 30.4 Å². The number of fused-ring (bicyclic) bond motifs is 6. The highest BCUT2D eigenvalue weighted by atomic mass is 31.2. The Hall–Kier alpha value is -4.48. The molecule has 0 saturated heterocycles. The lowest BCUT2D eigenvalue weighted by Gasteiger charge is -2.17. The molecule has 8 rings (SSSR count). The average molecular weight is 1030 g/mol. The lowest BCUT2D eigenvalue weighted by Crippen LogP contribution is -2.11. The molecule has 14 nitrogen and oxygen atoms in total. The molecule has 0 aliphatic carbocycles. The molecule has 0 aliphatic rings. The van der Waals surface area contributed by atoms with Crippen LogP contribution >= 0.6 is 30.4 Å². The van der Waals surface area contributed by atoms with E-state index in [4.69, 9.17) is 36.2 Å². The van der Waals surface area contributed by atoms with Crippen LogP contribution in [0.2, 0.25) is 0 Å². The summed E-state index contributed by atoms with van der Waals surface area (Å²) in [4.78, 5) is 0. The standard InChI is InChI=1S/C52H60N2O12P4/c1-9-59-67(55,60-10-2)41-25-29-49-45(33-41)46-34-42(68(56,61-11-3)62-12-4)26-30-50(46)53(49)39-21-17-37(18-22-39)38-19-23-40(24-20-38)54-51-31-27-43(69(57,63-13-5)64-14-6)35-47(51)48-36-44(28-32-52(48)54)70(58,65-15-7)66-16-8/h17-36H,9-16H2,1-8H3. The van der Waals surface area contributed by atoms with Crippen LogP contribution in [0.4, 0.5) is 0 Å². The predicted molar refractivity (Wildman–Crippen MR) is 283 cm³/mol. The quantitative estimate of drug-likeness (QED) is 0.0561. The fourth-order valence-electron chi connectivity index (χ4n) is 8.95. The third-order valence-corrected chi connectivity index (χ3v) is 20.1. The van der Waals surface area contributed by atoms with Crippen molar-refractivity contribution in [1.82, 2.24) is 9.13 Å². The van der Waals surface area contributed by atoms with E-state index in [0.717, 1.165) is 66.1 Å². The van der Waals surface area contributed by atoms with Crippen LogP contribution in [0.5, 0.6) is 0 Å². The normalized spacial score (nSPS) is 12.9. The van der Waals surface area contributed by atoms with Crippen molar-refractivity contribution in [2.45, 2.75) is 55.4 Å². The van der Waals surface area contributed by atoms with Gasteiger partial charge in [-0.2, -0.15) is 0 Å². The number of aromatic nitrogens is 2. The van der Waals surface area contributed by atoms with Gasteiger partial charge in [-0.3, -0.25) is 18.3 Å². The molecule has 0 N–H and O–H groups in total. The second-order valence-electron chi connectivity index (χ2n) is 15.9. The molecule has 8 aromatic rings. The van der Waals surface area contributed by atoms with Crippen LogP contribution in [0.15, 0.2) is 121 Å². The molecular formula is C52H60N2O12P4. The van der Waals surface area contributed by atoms with Crippen molar-refractivity contribution in [3.8, 4) is 22.5 Å². The summed E-state index contributed by atoms with van der Waals surface area (Å²) in [5.74, 6) is 0. The monoisotopic (exact) mass is 1030 g/mol. The van der Waals surface area contributed by atoms with Gasteiger partial charge in [0, 0.05) is 32.9 Å². The van der Waals surface area contributed by atoms with E-state index >= 15 is 0 Å². The first kappa shape index (κ1) is 51.9. The van der Waals surface area contributed by atoms with Crippen molar-refractivity contribution in [1.29, 1.82) is 0 Å². The fraction of sp³-hybridized carbons (Fsp3) is 0.308. The van der Waals surface area contributed by atoms with Crippen LogP contribution < -0.4 is 21.2 Å². The number of hydrogen-bond donors (Lipinski definition) is 0. The first-order valence-electron chi connectivity index (χ1n) is 23.7. The summed E-state index contributed by atoms with van der Waals surface area (Å²) >= 11 is 0. The largest absolute Gasteiger partial charge is 0.361 e. The van der Waals surface area contributed by atoms with Gasteiger partial charge in [-0.25, -0.2) is 0 Å². The molecule has 0 saturated carbocycles. The topological polar surface area (TPSA) is 152 Å². The van der Waals surface area contributed by atoms with E-state index in [2.05, 4.69) is 57.7 Å². The smallest absolute Gasteiger partial charge is 0.309 e. The van der Waals surface area contributed by atoms with Gasteiger partial charge in [0.1, 0.15) is 0 Å². The number of benzene rings is 6. The van der Waals surface area contributed by atoms with E-state index in [9.17, 15) is 18.3 Å². The summed E-state index contributed by atoms with van der Waals surface area (Å²) in [6, 6.07) is 38.6. The molecule has 0 radical (unpaired) electrons. The molecule has 0 spiro atoms. The van der Waals surface area contributed by atoms with Crippen LogP contribution in [0.1, 0.15) is 55.4 Å². The lowest BCUT2D eigenvalue weighted by atomic mass is 10.0. The van der Waals surface area contributed by atoms with Gasteiger partial charge in [0.2, 0.25) is 0 Å². The molecule has 0 unspecified atom stereocenters. The lowest BCUT2D eigenvalue weighted by molar-refractivity contribution is 0.229. The van der Waals surface area contributed by atoms with E-state index in [1.807, 2.05) is 48.5 Å². The third kappa shape index (κ3) is 9.76. The Morgan fingerprint density at radius 1 is 0.300 bits per heavy atom. The second-order valence-corrected chi connectivity index (χ2v) is 24.0. The minimum Gasteiger partial charge on any atom is -0.309 e. The van der Waals surface area contributed by atoms with Crippen molar-refractivity contribution in [3.05, 3.63) is 121 Å².